The van der Waals surface area contributed by atoms with E-state index in [2.05, 4.69) is 4.98 Å². The first-order valence-electron chi connectivity index (χ1n) is 4.70. The van der Waals surface area contributed by atoms with E-state index < -0.39 is 22.5 Å². The van der Waals surface area contributed by atoms with E-state index in [1.165, 1.54) is 0 Å². The van der Waals surface area contributed by atoms with Crippen LogP contribution in [0.1, 0.15) is 33.9 Å². The van der Waals surface area contributed by atoms with Crippen LogP contribution in [0.4, 0.5) is 13.2 Å². The summed E-state index contributed by atoms with van der Waals surface area (Å²) in [6, 6.07) is 0. The fourth-order valence-corrected chi connectivity index (χ4v) is 2.37. The number of hydrogen-bond acceptors (Lipinski definition) is 4. The fraction of sp³-hybridized carbons (Fsp3) is 0.556. The van der Waals surface area contributed by atoms with Crippen molar-refractivity contribution in [1.82, 2.24) is 4.98 Å². The summed E-state index contributed by atoms with van der Waals surface area (Å²) in [6.07, 6.45) is -1.63. The maximum absolute atomic E-state index is 12.3. The largest absolute Gasteiger partial charge is 0.443 e. The van der Waals surface area contributed by atoms with Gasteiger partial charge in [0.25, 0.3) is 0 Å². The summed E-state index contributed by atoms with van der Waals surface area (Å²) in [4.78, 5) is 15.0. The molecule has 0 atom stereocenters. The number of nitrogens with zero attached hydrogens (tertiary/aromatic N) is 1. The molecule has 16 heavy (non-hydrogen) atoms. The molecule has 1 aliphatic rings. The molecule has 0 aliphatic heterocycles. The van der Waals surface area contributed by atoms with Crippen molar-refractivity contribution >= 4 is 17.1 Å². The van der Waals surface area contributed by atoms with E-state index in [0.717, 1.165) is 12.6 Å². The van der Waals surface area contributed by atoms with Crippen LogP contribution in [0.5, 0.6) is 0 Å². The Morgan fingerprint density at radius 1 is 1.50 bits per heavy atom. The van der Waals surface area contributed by atoms with Crippen molar-refractivity contribution in [1.29, 1.82) is 0 Å². The van der Waals surface area contributed by atoms with Crippen molar-refractivity contribution in [3.05, 3.63) is 16.1 Å². The van der Waals surface area contributed by atoms with Gasteiger partial charge < -0.3 is 5.73 Å². The molecule has 2 N–H and O–H groups in total. The van der Waals surface area contributed by atoms with Crippen LogP contribution in [-0.4, -0.2) is 16.3 Å². The number of rotatable bonds is 2. The zero-order valence-corrected chi connectivity index (χ0v) is 8.99. The minimum absolute atomic E-state index is 0.00507. The summed E-state index contributed by atoms with van der Waals surface area (Å²) in [6.45, 7) is 0. The average molecular weight is 250 g/mol. The molecule has 1 aromatic heterocycles. The van der Waals surface area contributed by atoms with Gasteiger partial charge in [0.1, 0.15) is 0 Å². The monoisotopic (exact) mass is 250 g/mol. The molecule has 1 aromatic rings. The number of aromatic nitrogens is 1. The minimum atomic E-state index is -4.50. The first-order chi connectivity index (χ1) is 7.33. The van der Waals surface area contributed by atoms with Gasteiger partial charge in [-0.25, -0.2) is 4.98 Å². The van der Waals surface area contributed by atoms with Crippen LogP contribution >= 0.6 is 11.3 Å². The van der Waals surface area contributed by atoms with Crippen molar-refractivity contribution in [3.8, 4) is 0 Å². The summed E-state index contributed by atoms with van der Waals surface area (Å²) >= 11 is 0.358. The third kappa shape index (κ3) is 1.84. The highest BCUT2D eigenvalue weighted by molar-refractivity contribution is 7.13. The summed E-state index contributed by atoms with van der Waals surface area (Å²) in [5.41, 5.74) is 4.78. The lowest BCUT2D eigenvalue weighted by Gasteiger charge is -2.35. The predicted molar refractivity (Wildman–Crippen MR) is 52.2 cm³/mol. The molecule has 88 valence electrons. The Hall–Kier alpha value is -0.950. The Kier molecular flexibility index (Phi) is 2.54. The topological polar surface area (TPSA) is 56.0 Å². The van der Waals surface area contributed by atoms with Crippen LogP contribution < -0.4 is 5.73 Å². The van der Waals surface area contributed by atoms with Gasteiger partial charge in [0.05, 0.1) is 10.4 Å². The predicted octanol–water partition coefficient (Wildman–Crippen LogP) is 2.23. The van der Waals surface area contributed by atoms with Crippen LogP contribution in [0.15, 0.2) is 6.20 Å². The number of Topliss-reactive ketones (excluding diaryl/α,β-unsaturated/α-hetero) is 1. The van der Waals surface area contributed by atoms with Crippen molar-refractivity contribution in [2.45, 2.75) is 31.0 Å². The SMILES string of the molecule is NC1(C(=O)c2cnc(C(F)(F)F)s2)CCC1. The standard InChI is InChI=1S/C9H9F3N2OS/c10-9(11,12)7-14-4-5(16-7)6(15)8(13)2-1-3-8/h4H,1-3,13H2. The molecule has 1 fully saturated rings. The zero-order chi connectivity index (χ0) is 12.0. The van der Waals surface area contributed by atoms with Crippen molar-refractivity contribution < 1.29 is 18.0 Å². The maximum Gasteiger partial charge on any atom is 0.443 e. The Morgan fingerprint density at radius 3 is 2.50 bits per heavy atom. The van der Waals surface area contributed by atoms with Gasteiger partial charge in [0.15, 0.2) is 10.8 Å². The third-order valence-corrected chi connectivity index (χ3v) is 3.71. The van der Waals surface area contributed by atoms with Crippen LogP contribution in [0.25, 0.3) is 0 Å². The molecule has 0 amide bonds. The molecule has 1 heterocycles. The van der Waals surface area contributed by atoms with Gasteiger partial charge in [0, 0.05) is 6.20 Å². The van der Waals surface area contributed by atoms with Gasteiger partial charge in [0.2, 0.25) is 0 Å². The lowest BCUT2D eigenvalue weighted by Crippen LogP contribution is -2.53. The molecule has 3 nitrogen and oxygen atoms in total. The lowest BCUT2D eigenvalue weighted by molar-refractivity contribution is -0.137. The van der Waals surface area contributed by atoms with E-state index in [1.807, 2.05) is 0 Å². The third-order valence-electron chi connectivity index (χ3n) is 2.67. The molecule has 0 radical (unpaired) electrons. The number of carbonyl (C=O) groups is 1. The van der Waals surface area contributed by atoms with Crippen LogP contribution in [0, 0.1) is 0 Å². The number of ketones is 1. The van der Waals surface area contributed by atoms with Crippen LogP contribution in [0.2, 0.25) is 0 Å². The highest BCUT2D eigenvalue weighted by atomic mass is 32.1. The van der Waals surface area contributed by atoms with Gasteiger partial charge in [-0.3, -0.25) is 4.79 Å². The molecule has 0 spiro atoms. The Balaban J connectivity index is 2.22. The quantitative estimate of drug-likeness (QED) is 0.819. The molecule has 0 aromatic carbocycles. The lowest BCUT2D eigenvalue weighted by atomic mass is 9.74. The van der Waals surface area contributed by atoms with Crippen LogP contribution in [-0.2, 0) is 6.18 Å². The summed E-state index contributed by atoms with van der Waals surface area (Å²) in [5, 5.41) is -1.00. The minimum Gasteiger partial charge on any atom is -0.319 e. The Labute approximate surface area is 93.5 Å². The summed E-state index contributed by atoms with van der Waals surface area (Å²) in [7, 11) is 0. The smallest absolute Gasteiger partial charge is 0.319 e. The van der Waals surface area contributed by atoms with Crippen molar-refractivity contribution in [2.24, 2.45) is 5.73 Å². The Morgan fingerprint density at radius 2 is 2.12 bits per heavy atom. The molecule has 0 saturated heterocycles. The molecule has 2 rings (SSSR count). The molecule has 1 saturated carbocycles. The molecule has 1 aliphatic carbocycles. The van der Waals surface area contributed by atoms with E-state index in [0.29, 0.717) is 24.2 Å². The fourth-order valence-electron chi connectivity index (χ4n) is 1.54. The first kappa shape index (κ1) is 11.5. The number of alkyl halides is 3. The number of thiazole rings is 1. The number of hydrogen-bond donors (Lipinski definition) is 1. The van der Waals surface area contributed by atoms with Gasteiger partial charge in [-0.05, 0) is 19.3 Å². The highest BCUT2D eigenvalue weighted by Crippen LogP contribution is 2.37. The second-order valence-electron chi connectivity index (χ2n) is 3.87. The number of nitrogens with two attached hydrogens (primary N) is 1. The Bertz CT molecular complexity index is 423. The normalized spacial score (nSPS) is 19.2. The van der Waals surface area contributed by atoms with E-state index in [-0.39, 0.29) is 4.88 Å². The first-order valence-corrected chi connectivity index (χ1v) is 5.51. The van der Waals surface area contributed by atoms with E-state index >= 15 is 0 Å². The maximum atomic E-state index is 12.3. The van der Waals surface area contributed by atoms with E-state index in [4.69, 9.17) is 5.73 Å². The van der Waals surface area contributed by atoms with E-state index in [9.17, 15) is 18.0 Å². The van der Waals surface area contributed by atoms with Gasteiger partial charge in [-0.2, -0.15) is 13.2 Å². The summed E-state index contributed by atoms with van der Waals surface area (Å²) < 4.78 is 36.8. The molecular weight excluding hydrogens is 241 g/mol. The summed E-state index contributed by atoms with van der Waals surface area (Å²) in [5.74, 6) is -0.424. The van der Waals surface area contributed by atoms with E-state index in [1.54, 1.807) is 0 Å². The second-order valence-corrected chi connectivity index (χ2v) is 4.90. The van der Waals surface area contributed by atoms with Gasteiger partial charge in [-0.15, -0.1) is 11.3 Å². The van der Waals surface area contributed by atoms with Gasteiger partial charge >= 0.3 is 6.18 Å². The molecule has 0 unspecified atom stereocenters. The molecule has 7 heteroatoms. The van der Waals surface area contributed by atoms with Crippen LogP contribution in [0.3, 0.4) is 0 Å². The molecular formula is C9H9F3N2OS. The number of halogens is 3. The van der Waals surface area contributed by atoms with Gasteiger partial charge in [-0.1, -0.05) is 0 Å². The van der Waals surface area contributed by atoms with Crippen molar-refractivity contribution in [2.75, 3.05) is 0 Å². The second kappa shape index (κ2) is 3.53. The average Bonchev–Trinajstić information content (AvgIpc) is 2.60. The highest BCUT2D eigenvalue weighted by Gasteiger charge is 2.42. The molecule has 0 bridgehead atoms. The number of carbonyl (C=O) groups excluding carboxylic acids is 1. The zero-order valence-electron chi connectivity index (χ0n) is 8.17. The van der Waals surface area contributed by atoms with Crippen molar-refractivity contribution in [3.63, 3.8) is 0 Å².